The van der Waals surface area contributed by atoms with Gasteiger partial charge >= 0.3 is 13.6 Å². The normalized spacial score (nSPS) is 17.2. The molecule has 0 amide bonds. The maximum Gasteiger partial charge on any atom is 0.368 e. The van der Waals surface area contributed by atoms with Crippen LogP contribution in [0.4, 0.5) is 0 Å². The zero-order valence-corrected chi connectivity index (χ0v) is 8.49. The molecule has 0 heterocycles. The van der Waals surface area contributed by atoms with Gasteiger partial charge in [0.05, 0.1) is 0 Å². The van der Waals surface area contributed by atoms with Crippen LogP contribution in [0.3, 0.4) is 0 Å². The highest BCUT2D eigenvalue weighted by atomic mass is 31.2. The number of ether oxygens (including phenoxy) is 1. The Morgan fingerprint density at radius 2 is 2.31 bits per heavy atom. The molecular formula is C7H13O5P. The van der Waals surface area contributed by atoms with Crippen LogP contribution >= 0.6 is 7.60 Å². The summed E-state index contributed by atoms with van der Waals surface area (Å²) in [7, 11) is -2.75. The van der Waals surface area contributed by atoms with Crippen molar-refractivity contribution in [2.75, 3.05) is 7.11 Å². The predicted molar refractivity (Wildman–Crippen MR) is 47.2 cm³/mol. The fourth-order valence-electron chi connectivity index (χ4n) is 0.680. The number of hydrogen-bond acceptors (Lipinski definition) is 4. The summed E-state index contributed by atoms with van der Waals surface area (Å²) in [5, 5.41) is 0. The molecular weight excluding hydrogens is 195 g/mol. The van der Waals surface area contributed by atoms with Gasteiger partial charge in [0.1, 0.15) is 0 Å². The van der Waals surface area contributed by atoms with E-state index in [0.29, 0.717) is 0 Å². The molecule has 0 aromatic carbocycles. The smallest absolute Gasteiger partial charge is 0.368 e. The number of rotatable bonds is 5. The van der Waals surface area contributed by atoms with E-state index in [0.717, 1.165) is 13.2 Å². The van der Waals surface area contributed by atoms with Crippen LogP contribution < -0.4 is 0 Å². The highest BCUT2D eigenvalue weighted by Gasteiger charge is 2.32. The van der Waals surface area contributed by atoms with E-state index in [-0.39, 0.29) is 6.42 Å². The molecule has 76 valence electrons. The van der Waals surface area contributed by atoms with Gasteiger partial charge in [-0.3, -0.25) is 4.57 Å². The molecule has 5 nitrogen and oxygen atoms in total. The lowest BCUT2D eigenvalue weighted by Gasteiger charge is -2.18. The number of carbonyl (C=O) groups is 1. The summed E-state index contributed by atoms with van der Waals surface area (Å²) in [6.07, 6.45) is 1.14. The summed E-state index contributed by atoms with van der Waals surface area (Å²) in [5.74, 6) is -1.86. The molecule has 2 atom stereocenters. The Morgan fingerprint density at radius 1 is 1.77 bits per heavy atom. The molecule has 0 fully saturated rings. The van der Waals surface area contributed by atoms with Gasteiger partial charge in [0, 0.05) is 13.2 Å². The quantitative estimate of drug-likeness (QED) is 0.418. The zero-order chi connectivity index (χ0) is 10.5. The third-order valence-corrected chi connectivity index (χ3v) is 3.12. The number of esters is 1. The van der Waals surface area contributed by atoms with Crippen molar-refractivity contribution in [2.45, 2.75) is 19.2 Å². The zero-order valence-electron chi connectivity index (χ0n) is 7.60. The van der Waals surface area contributed by atoms with Crippen molar-refractivity contribution < 1.29 is 23.5 Å². The van der Waals surface area contributed by atoms with Gasteiger partial charge in [-0.2, -0.15) is 0 Å². The van der Waals surface area contributed by atoms with Crippen LogP contribution in [0, 0.1) is 0 Å². The Kier molecular flexibility index (Phi) is 4.91. The third kappa shape index (κ3) is 3.72. The van der Waals surface area contributed by atoms with Crippen molar-refractivity contribution in [2.24, 2.45) is 0 Å². The van der Waals surface area contributed by atoms with Crippen molar-refractivity contribution in [1.29, 1.82) is 0 Å². The molecule has 0 aliphatic rings. The monoisotopic (exact) mass is 208 g/mol. The fourth-order valence-corrected chi connectivity index (χ4v) is 1.61. The van der Waals surface area contributed by atoms with Crippen molar-refractivity contribution >= 4 is 13.6 Å². The van der Waals surface area contributed by atoms with E-state index in [2.05, 4.69) is 15.8 Å². The van der Waals surface area contributed by atoms with Crippen molar-refractivity contribution in [1.82, 2.24) is 0 Å². The van der Waals surface area contributed by atoms with Gasteiger partial charge < -0.3 is 14.2 Å². The molecule has 1 N–H and O–H groups in total. The first-order valence-electron chi connectivity index (χ1n) is 3.69. The minimum atomic E-state index is -3.84. The average Bonchev–Trinajstić information content (AvgIpc) is 2.13. The Bertz CT molecular complexity index is 237. The molecule has 0 rings (SSSR count). The van der Waals surface area contributed by atoms with Crippen LogP contribution in [-0.2, 0) is 18.6 Å². The van der Waals surface area contributed by atoms with Crippen LogP contribution in [-0.4, -0.2) is 23.8 Å². The van der Waals surface area contributed by atoms with Gasteiger partial charge in [0.15, 0.2) is 0 Å². The minimum Gasteiger partial charge on any atom is -0.446 e. The number of carbonyl (C=O) groups excluding carboxylic acids is 1. The lowest BCUT2D eigenvalue weighted by molar-refractivity contribution is -0.140. The maximum absolute atomic E-state index is 11.2. The molecule has 0 saturated heterocycles. The van der Waals surface area contributed by atoms with E-state index in [1.807, 2.05) is 0 Å². The van der Waals surface area contributed by atoms with Gasteiger partial charge in [0.25, 0.3) is 0 Å². The summed E-state index contributed by atoms with van der Waals surface area (Å²) in [5.41, 5.74) is 0. The van der Waals surface area contributed by atoms with E-state index in [1.54, 1.807) is 6.92 Å². The molecule has 0 aliphatic carbocycles. The molecule has 6 heteroatoms. The molecule has 0 spiro atoms. The standard InChI is InChI=1S/C7H13O5P/c1-4-6(8)12-7(5-2)13(9,10)11-3/h4,7H,1,5H2,2-3H3,(H,9,10). The van der Waals surface area contributed by atoms with E-state index < -0.39 is 19.4 Å². The SMILES string of the molecule is C=CC(=O)OC(CC)P(=O)(O)OC. The molecule has 0 saturated carbocycles. The Balaban J connectivity index is 4.43. The van der Waals surface area contributed by atoms with Gasteiger partial charge in [-0.05, 0) is 6.42 Å². The third-order valence-electron chi connectivity index (χ3n) is 1.39. The summed E-state index contributed by atoms with van der Waals surface area (Å²) in [4.78, 5) is 19.9. The van der Waals surface area contributed by atoms with E-state index in [1.165, 1.54) is 0 Å². The lowest BCUT2D eigenvalue weighted by Crippen LogP contribution is -2.16. The van der Waals surface area contributed by atoms with Gasteiger partial charge in [-0.25, -0.2) is 4.79 Å². The van der Waals surface area contributed by atoms with Crippen LogP contribution in [0.5, 0.6) is 0 Å². The van der Waals surface area contributed by atoms with Gasteiger partial charge in [0.2, 0.25) is 5.85 Å². The second-order valence-electron chi connectivity index (χ2n) is 2.25. The molecule has 0 radical (unpaired) electrons. The first-order chi connectivity index (χ1) is 5.97. The van der Waals surface area contributed by atoms with Crippen molar-refractivity contribution in [3.05, 3.63) is 12.7 Å². The van der Waals surface area contributed by atoms with Crippen LogP contribution in [0.1, 0.15) is 13.3 Å². The summed E-state index contributed by atoms with van der Waals surface area (Å²) in [6.45, 7) is 4.78. The minimum absolute atomic E-state index is 0.210. The first kappa shape index (κ1) is 12.4. The van der Waals surface area contributed by atoms with E-state index >= 15 is 0 Å². The summed E-state index contributed by atoms with van der Waals surface area (Å²) >= 11 is 0. The molecule has 0 aliphatic heterocycles. The largest absolute Gasteiger partial charge is 0.446 e. The van der Waals surface area contributed by atoms with E-state index in [4.69, 9.17) is 4.89 Å². The van der Waals surface area contributed by atoms with Gasteiger partial charge in [-0.15, -0.1) is 0 Å². The van der Waals surface area contributed by atoms with Crippen LogP contribution in [0.15, 0.2) is 12.7 Å². The molecule has 0 bridgehead atoms. The molecule has 13 heavy (non-hydrogen) atoms. The topological polar surface area (TPSA) is 72.8 Å². The Labute approximate surface area is 76.9 Å². The van der Waals surface area contributed by atoms with Gasteiger partial charge in [-0.1, -0.05) is 13.5 Å². The molecule has 0 aromatic heterocycles. The lowest BCUT2D eigenvalue weighted by atomic mass is 10.5. The van der Waals surface area contributed by atoms with E-state index in [9.17, 15) is 9.36 Å². The second kappa shape index (κ2) is 5.17. The fraction of sp³-hybridized carbons (Fsp3) is 0.571. The van der Waals surface area contributed by atoms with Crippen molar-refractivity contribution in [3.63, 3.8) is 0 Å². The Morgan fingerprint density at radius 3 is 2.62 bits per heavy atom. The number of hydrogen-bond donors (Lipinski definition) is 1. The summed E-state index contributed by atoms with van der Waals surface area (Å²) in [6, 6.07) is 0. The predicted octanol–water partition coefficient (Wildman–Crippen LogP) is 1.28. The molecule has 2 unspecified atom stereocenters. The Hall–Kier alpha value is -0.640. The highest BCUT2D eigenvalue weighted by molar-refractivity contribution is 7.53. The molecule has 0 aromatic rings. The second-order valence-corrected chi connectivity index (χ2v) is 4.32. The van der Waals surface area contributed by atoms with Crippen LogP contribution in [0.25, 0.3) is 0 Å². The van der Waals surface area contributed by atoms with Crippen LogP contribution in [0.2, 0.25) is 0 Å². The average molecular weight is 208 g/mol. The summed E-state index contributed by atoms with van der Waals surface area (Å²) < 4.78 is 20.1. The maximum atomic E-state index is 11.2. The van der Waals surface area contributed by atoms with Crippen molar-refractivity contribution in [3.8, 4) is 0 Å². The first-order valence-corrected chi connectivity index (χ1v) is 5.33. The highest BCUT2D eigenvalue weighted by Crippen LogP contribution is 2.48.